The molecule has 19 heavy (non-hydrogen) atoms. The fourth-order valence-electron chi connectivity index (χ4n) is 3.23. The van der Waals surface area contributed by atoms with E-state index in [4.69, 9.17) is 11.6 Å². The number of fused-ring (bicyclic) bond motifs is 1. The van der Waals surface area contributed by atoms with Crippen molar-refractivity contribution >= 4 is 23.0 Å². The van der Waals surface area contributed by atoms with Gasteiger partial charge in [0.1, 0.15) is 5.69 Å². The second-order valence-electron chi connectivity index (χ2n) is 5.20. The highest BCUT2D eigenvalue weighted by Crippen LogP contribution is 2.34. The van der Waals surface area contributed by atoms with Gasteiger partial charge < -0.3 is 5.32 Å². The third kappa shape index (κ3) is 2.40. The molecular formula is C13H16ClN3O2. The van der Waals surface area contributed by atoms with E-state index in [-0.39, 0.29) is 10.6 Å². The van der Waals surface area contributed by atoms with E-state index in [1.54, 1.807) is 12.1 Å². The van der Waals surface area contributed by atoms with Crippen molar-refractivity contribution in [2.75, 3.05) is 18.4 Å². The van der Waals surface area contributed by atoms with Crippen LogP contribution in [0, 0.1) is 10.1 Å². The lowest BCUT2D eigenvalue weighted by Crippen LogP contribution is -2.33. The van der Waals surface area contributed by atoms with E-state index >= 15 is 0 Å². The molecule has 0 radical (unpaired) electrons. The molecule has 3 rings (SSSR count). The van der Waals surface area contributed by atoms with Crippen molar-refractivity contribution in [3.05, 3.63) is 33.3 Å². The summed E-state index contributed by atoms with van der Waals surface area (Å²) in [7, 11) is 0. The lowest BCUT2D eigenvalue weighted by atomic mass is 10.1. The van der Waals surface area contributed by atoms with Crippen molar-refractivity contribution in [1.82, 2.24) is 4.90 Å². The molecule has 1 aromatic carbocycles. The highest BCUT2D eigenvalue weighted by molar-refractivity contribution is 6.31. The summed E-state index contributed by atoms with van der Waals surface area (Å²) in [5, 5.41) is 14.9. The van der Waals surface area contributed by atoms with Gasteiger partial charge in [-0.25, -0.2) is 0 Å². The quantitative estimate of drug-likeness (QED) is 0.684. The summed E-state index contributed by atoms with van der Waals surface area (Å²) in [4.78, 5) is 13.2. The third-order valence-corrected chi connectivity index (χ3v) is 4.34. The predicted octanol–water partition coefficient (Wildman–Crippen LogP) is 2.90. The molecule has 2 aliphatic heterocycles. The first-order valence-electron chi connectivity index (χ1n) is 6.59. The van der Waals surface area contributed by atoms with E-state index in [9.17, 15) is 10.1 Å². The van der Waals surface area contributed by atoms with Crippen molar-refractivity contribution in [3.63, 3.8) is 0 Å². The van der Waals surface area contributed by atoms with Crippen LogP contribution in [0.1, 0.15) is 19.3 Å². The fraction of sp³-hybridized carbons (Fsp3) is 0.538. The van der Waals surface area contributed by atoms with Crippen molar-refractivity contribution in [2.24, 2.45) is 0 Å². The summed E-state index contributed by atoms with van der Waals surface area (Å²) in [6, 6.07) is 5.48. The van der Waals surface area contributed by atoms with Gasteiger partial charge in [0.05, 0.1) is 4.92 Å². The van der Waals surface area contributed by atoms with Crippen LogP contribution in [0.3, 0.4) is 0 Å². The number of halogens is 1. The van der Waals surface area contributed by atoms with Crippen LogP contribution < -0.4 is 5.32 Å². The largest absolute Gasteiger partial charge is 0.375 e. The molecule has 0 saturated carbocycles. The van der Waals surface area contributed by atoms with Gasteiger partial charge in [-0.3, -0.25) is 15.0 Å². The van der Waals surface area contributed by atoms with E-state index in [0.29, 0.717) is 22.8 Å². The van der Waals surface area contributed by atoms with Crippen LogP contribution in [0.25, 0.3) is 0 Å². The first-order chi connectivity index (χ1) is 9.15. The topological polar surface area (TPSA) is 58.4 Å². The van der Waals surface area contributed by atoms with Crippen molar-refractivity contribution < 1.29 is 4.92 Å². The molecule has 6 heteroatoms. The zero-order valence-electron chi connectivity index (χ0n) is 10.5. The Hall–Kier alpha value is -1.33. The third-order valence-electron chi connectivity index (χ3n) is 4.10. The van der Waals surface area contributed by atoms with E-state index in [1.165, 1.54) is 18.9 Å². The minimum atomic E-state index is -0.361. The van der Waals surface area contributed by atoms with Gasteiger partial charge in [-0.1, -0.05) is 11.6 Å². The second kappa shape index (κ2) is 4.98. The maximum atomic E-state index is 11.0. The van der Waals surface area contributed by atoms with Crippen LogP contribution in [-0.2, 0) is 0 Å². The summed E-state index contributed by atoms with van der Waals surface area (Å²) in [6.45, 7) is 2.23. The molecule has 2 unspecified atom stereocenters. The predicted molar refractivity (Wildman–Crippen MR) is 74.7 cm³/mol. The van der Waals surface area contributed by atoms with Crippen LogP contribution in [0.4, 0.5) is 11.4 Å². The molecule has 2 fully saturated rings. The van der Waals surface area contributed by atoms with Gasteiger partial charge in [-0.15, -0.1) is 0 Å². The van der Waals surface area contributed by atoms with Gasteiger partial charge in [-0.05, 0) is 37.9 Å². The van der Waals surface area contributed by atoms with Gasteiger partial charge >= 0.3 is 0 Å². The first-order valence-corrected chi connectivity index (χ1v) is 6.97. The highest BCUT2D eigenvalue weighted by atomic mass is 35.5. The fourth-order valence-corrected chi connectivity index (χ4v) is 3.41. The Balaban J connectivity index is 1.83. The van der Waals surface area contributed by atoms with E-state index in [1.807, 2.05) is 0 Å². The Bertz CT molecular complexity index is 509. The molecule has 1 aromatic rings. The normalized spacial score (nSPS) is 26.4. The lowest BCUT2D eigenvalue weighted by Gasteiger charge is -2.22. The second-order valence-corrected chi connectivity index (χ2v) is 5.64. The van der Waals surface area contributed by atoms with E-state index < -0.39 is 0 Å². The summed E-state index contributed by atoms with van der Waals surface area (Å²) < 4.78 is 0. The molecule has 0 bridgehead atoms. The summed E-state index contributed by atoms with van der Waals surface area (Å²) in [6.07, 6.45) is 3.43. The summed E-state index contributed by atoms with van der Waals surface area (Å²) in [5.74, 6) is 0. The Morgan fingerprint density at radius 2 is 2.21 bits per heavy atom. The number of nitro groups is 1. The standard InChI is InChI=1S/C13H16ClN3O2/c14-9-3-4-13(17(18)19)11(8-9)15-10-5-7-16-6-1-2-12(10)16/h3-4,8,10,12,15H,1-2,5-7H2. The number of nitrogens with one attached hydrogen (secondary N) is 1. The van der Waals surface area contributed by atoms with E-state index in [2.05, 4.69) is 10.2 Å². The smallest absolute Gasteiger partial charge is 0.292 e. The molecule has 2 saturated heterocycles. The number of benzene rings is 1. The van der Waals surface area contributed by atoms with Gasteiger partial charge in [0, 0.05) is 29.7 Å². The van der Waals surface area contributed by atoms with Gasteiger partial charge in [0.15, 0.2) is 0 Å². The minimum Gasteiger partial charge on any atom is -0.375 e. The molecule has 0 aromatic heterocycles. The maximum Gasteiger partial charge on any atom is 0.292 e. The van der Waals surface area contributed by atoms with Crippen molar-refractivity contribution in [2.45, 2.75) is 31.3 Å². The van der Waals surface area contributed by atoms with Crippen LogP contribution in [0.2, 0.25) is 5.02 Å². The van der Waals surface area contributed by atoms with Crippen molar-refractivity contribution in [3.8, 4) is 0 Å². The Morgan fingerprint density at radius 3 is 3.00 bits per heavy atom. The number of anilines is 1. The molecule has 2 atom stereocenters. The summed E-state index contributed by atoms with van der Waals surface area (Å²) in [5.41, 5.74) is 0.636. The van der Waals surface area contributed by atoms with Crippen molar-refractivity contribution in [1.29, 1.82) is 0 Å². The minimum absolute atomic E-state index is 0.0980. The first kappa shape index (κ1) is 12.7. The average Bonchev–Trinajstić information content (AvgIpc) is 2.94. The molecular weight excluding hydrogens is 266 g/mol. The van der Waals surface area contributed by atoms with Crippen LogP contribution in [0.5, 0.6) is 0 Å². The molecule has 0 amide bonds. The number of nitro benzene ring substituents is 1. The molecule has 0 aliphatic carbocycles. The van der Waals surface area contributed by atoms with Gasteiger partial charge in [0.25, 0.3) is 5.69 Å². The molecule has 1 N–H and O–H groups in total. The molecule has 5 nitrogen and oxygen atoms in total. The monoisotopic (exact) mass is 281 g/mol. The van der Waals surface area contributed by atoms with Gasteiger partial charge in [0.2, 0.25) is 0 Å². The Morgan fingerprint density at radius 1 is 1.37 bits per heavy atom. The highest BCUT2D eigenvalue weighted by Gasteiger charge is 2.37. The van der Waals surface area contributed by atoms with Crippen LogP contribution in [0.15, 0.2) is 18.2 Å². The average molecular weight is 282 g/mol. The van der Waals surface area contributed by atoms with Crippen LogP contribution >= 0.6 is 11.6 Å². The lowest BCUT2D eigenvalue weighted by molar-refractivity contribution is -0.384. The number of rotatable bonds is 3. The number of hydrogen-bond acceptors (Lipinski definition) is 4. The SMILES string of the molecule is O=[N+]([O-])c1ccc(Cl)cc1NC1CCN2CCCC12. The number of nitrogens with zero attached hydrogens (tertiary/aromatic N) is 2. The molecule has 0 spiro atoms. The number of hydrogen-bond donors (Lipinski definition) is 1. The Kier molecular flexibility index (Phi) is 3.33. The summed E-state index contributed by atoms with van der Waals surface area (Å²) >= 11 is 5.95. The maximum absolute atomic E-state index is 11.0. The molecule has 2 aliphatic rings. The Labute approximate surface area is 116 Å². The van der Waals surface area contributed by atoms with E-state index in [0.717, 1.165) is 19.5 Å². The van der Waals surface area contributed by atoms with Gasteiger partial charge in [-0.2, -0.15) is 0 Å². The molecule has 102 valence electrons. The van der Waals surface area contributed by atoms with Crippen LogP contribution in [-0.4, -0.2) is 35.0 Å². The molecule has 2 heterocycles. The zero-order chi connectivity index (χ0) is 13.4. The zero-order valence-corrected chi connectivity index (χ0v) is 11.3.